The summed E-state index contributed by atoms with van der Waals surface area (Å²) < 4.78 is 18.8. The second-order valence-electron chi connectivity index (χ2n) is 3.95. The molecule has 0 aliphatic carbocycles. The number of hydrogen-bond donors (Lipinski definition) is 0. The van der Waals surface area contributed by atoms with Crippen LogP contribution >= 0.6 is 0 Å². The number of para-hydroxylation sites is 1. The minimum absolute atomic E-state index is 0.0510. The Balaban J connectivity index is 2.17. The number of fused-ring (bicyclic) bond motifs is 2. The van der Waals surface area contributed by atoms with Crippen LogP contribution in [0, 0.1) is 5.82 Å². The molecule has 0 N–H and O–H groups in total. The molecule has 17 heavy (non-hydrogen) atoms. The Morgan fingerprint density at radius 3 is 2.76 bits per heavy atom. The molecule has 0 radical (unpaired) electrons. The van der Waals surface area contributed by atoms with E-state index in [1.165, 1.54) is 12.1 Å². The molecule has 2 aromatic carbocycles. The van der Waals surface area contributed by atoms with Crippen LogP contribution in [-0.4, -0.2) is 5.78 Å². The Morgan fingerprint density at radius 2 is 1.88 bits per heavy atom. The number of hydrogen-bond acceptors (Lipinski definition) is 2. The van der Waals surface area contributed by atoms with E-state index in [1.54, 1.807) is 30.3 Å². The van der Waals surface area contributed by atoms with Crippen molar-refractivity contribution in [2.45, 2.75) is 6.42 Å². The Morgan fingerprint density at radius 1 is 1.06 bits per heavy atom. The van der Waals surface area contributed by atoms with Gasteiger partial charge in [0.25, 0.3) is 0 Å². The van der Waals surface area contributed by atoms with Crippen molar-refractivity contribution in [3.05, 3.63) is 59.4 Å². The van der Waals surface area contributed by atoms with E-state index in [0.717, 1.165) is 0 Å². The number of benzene rings is 2. The van der Waals surface area contributed by atoms with E-state index in [0.29, 0.717) is 22.6 Å². The summed E-state index contributed by atoms with van der Waals surface area (Å²) in [5, 5.41) is 0. The molecule has 2 nitrogen and oxygen atoms in total. The van der Waals surface area contributed by atoms with Crippen molar-refractivity contribution in [1.82, 2.24) is 0 Å². The maximum Gasteiger partial charge on any atom is 0.171 e. The molecule has 2 aromatic rings. The Kier molecular flexibility index (Phi) is 2.18. The van der Waals surface area contributed by atoms with E-state index in [4.69, 9.17) is 4.74 Å². The molecule has 1 aliphatic rings. The third-order valence-corrected chi connectivity index (χ3v) is 2.78. The van der Waals surface area contributed by atoms with E-state index < -0.39 is 0 Å². The van der Waals surface area contributed by atoms with Gasteiger partial charge in [-0.05, 0) is 30.3 Å². The second kappa shape index (κ2) is 3.70. The molecule has 0 saturated heterocycles. The molecular weight excluding hydrogens is 219 g/mol. The fourth-order valence-electron chi connectivity index (χ4n) is 1.96. The number of carbonyl (C=O) groups is 1. The van der Waals surface area contributed by atoms with E-state index in [-0.39, 0.29) is 18.0 Å². The molecule has 0 atom stereocenters. The largest absolute Gasteiger partial charge is 0.456 e. The first kappa shape index (κ1) is 10.0. The summed E-state index contributed by atoms with van der Waals surface area (Å²) in [6.45, 7) is 0. The Bertz CT molecular complexity index is 605. The van der Waals surface area contributed by atoms with Crippen LogP contribution < -0.4 is 4.74 Å². The monoisotopic (exact) mass is 228 g/mol. The zero-order valence-electron chi connectivity index (χ0n) is 8.94. The third kappa shape index (κ3) is 1.69. The van der Waals surface area contributed by atoms with Crippen LogP contribution in [0.15, 0.2) is 42.5 Å². The predicted molar refractivity (Wildman–Crippen MR) is 61.0 cm³/mol. The van der Waals surface area contributed by atoms with Crippen LogP contribution in [0.1, 0.15) is 15.9 Å². The molecule has 0 unspecified atom stereocenters. The molecule has 84 valence electrons. The van der Waals surface area contributed by atoms with Gasteiger partial charge in [0.1, 0.15) is 17.3 Å². The lowest BCUT2D eigenvalue weighted by Crippen LogP contribution is -2.01. The van der Waals surface area contributed by atoms with Crippen LogP contribution in [0.25, 0.3) is 0 Å². The molecule has 0 bridgehead atoms. The second-order valence-corrected chi connectivity index (χ2v) is 3.95. The van der Waals surface area contributed by atoms with Gasteiger partial charge >= 0.3 is 0 Å². The van der Waals surface area contributed by atoms with E-state index >= 15 is 0 Å². The molecule has 0 spiro atoms. The van der Waals surface area contributed by atoms with Gasteiger partial charge in [0.15, 0.2) is 5.78 Å². The number of rotatable bonds is 0. The standard InChI is InChI=1S/C14H9FO2/c15-10-5-6-13-9(7-10)8-12(16)11-3-1-2-4-14(11)17-13/h1-7H,8H2. The van der Waals surface area contributed by atoms with Gasteiger partial charge in [-0.1, -0.05) is 12.1 Å². The van der Waals surface area contributed by atoms with Gasteiger partial charge in [-0.25, -0.2) is 4.39 Å². The summed E-state index contributed by atoms with van der Waals surface area (Å²) in [5.74, 6) is 0.670. The highest BCUT2D eigenvalue weighted by molar-refractivity contribution is 6.01. The number of ether oxygens (including phenoxy) is 1. The van der Waals surface area contributed by atoms with Gasteiger partial charge in [0.05, 0.1) is 5.56 Å². The van der Waals surface area contributed by atoms with Crippen molar-refractivity contribution >= 4 is 5.78 Å². The highest BCUT2D eigenvalue weighted by atomic mass is 19.1. The number of carbonyl (C=O) groups excluding carboxylic acids is 1. The molecule has 3 rings (SSSR count). The zero-order valence-corrected chi connectivity index (χ0v) is 8.94. The quantitative estimate of drug-likeness (QED) is 0.691. The minimum Gasteiger partial charge on any atom is -0.456 e. The van der Waals surface area contributed by atoms with Crippen LogP contribution in [0.3, 0.4) is 0 Å². The molecule has 0 aromatic heterocycles. The molecule has 0 amide bonds. The van der Waals surface area contributed by atoms with Crippen molar-refractivity contribution in [3.8, 4) is 11.5 Å². The molecular formula is C14H9FO2. The van der Waals surface area contributed by atoms with Gasteiger partial charge in [0, 0.05) is 12.0 Å². The maximum absolute atomic E-state index is 13.1. The van der Waals surface area contributed by atoms with Crippen molar-refractivity contribution in [3.63, 3.8) is 0 Å². The van der Waals surface area contributed by atoms with Gasteiger partial charge in [-0.2, -0.15) is 0 Å². The molecule has 3 heteroatoms. The summed E-state index contributed by atoms with van der Waals surface area (Å²) in [5.41, 5.74) is 1.13. The normalized spacial score (nSPS) is 13.4. The van der Waals surface area contributed by atoms with E-state index in [9.17, 15) is 9.18 Å². The fraction of sp³-hybridized carbons (Fsp3) is 0.0714. The number of halogens is 1. The van der Waals surface area contributed by atoms with Crippen molar-refractivity contribution < 1.29 is 13.9 Å². The average molecular weight is 228 g/mol. The molecule has 0 fully saturated rings. The summed E-state index contributed by atoms with van der Waals surface area (Å²) in [6.07, 6.45) is 0.171. The zero-order chi connectivity index (χ0) is 11.8. The third-order valence-electron chi connectivity index (χ3n) is 2.78. The lowest BCUT2D eigenvalue weighted by atomic mass is 10.0. The van der Waals surface area contributed by atoms with Gasteiger partial charge < -0.3 is 4.74 Å². The van der Waals surface area contributed by atoms with E-state index in [2.05, 4.69) is 0 Å². The first-order chi connectivity index (χ1) is 8.24. The lowest BCUT2D eigenvalue weighted by molar-refractivity contribution is 0.0993. The van der Waals surface area contributed by atoms with Crippen molar-refractivity contribution in [2.75, 3.05) is 0 Å². The number of ketones is 1. The van der Waals surface area contributed by atoms with Gasteiger partial charge in [0.2, 0.25) is 0 Å². The van der Waals surface area contributed by atoms with Gasteiger partial charge in [-0.15, -0.1) is 0 Å². The smallest absolute Gasteiger partial charge is 0.171 e. The van der Waals surface area contributed by atoms with Crippen molar-refractivity contribution in [1.29, 1.82) is 0 Å². The van der Waals surface area contributed by atoms with Crippen molar-refractivity contribution in [2.24, 2.45) is 0 Å². The summed E-state index contributed by atoms with van der Waals surface area (Å²) >= 11 is 0. The maximum atomic E-state index is 13.1. The fourth-order valence-corrected chi connectivity index (χ4v) is 1.96. The van der Waals surface area contributed by atoms with E-state index in [1.807, 2.05) is 0 Å². The lowest BCUT2D eigenvalue weighted by Gasteiger charge is -2.07. The van der Waals surface area contributed by atoms with Crippen LogP contribution in [-0.2, 0) is 6.42 Å². The summed E-state index contributed by atoms with van der Waals surface area (Å²) in [4.78, 5) is 12.0. The first-order valence-corrected chi connectivity index (χ1v) is 5.32. The predicted octanol–water partition coefficient (Wildman–Crippen LogP) is 3.36. The highest BCUT2D eigenvalue weighted by Gasteiger charge is 2.20. The highest BCUT2D eigenvalue weighted by Crippen LogP contribution is 2.33. The molecule has 1 heterocycles. The SMILES string of the molecule is O=C1Cc2cc(F)ccc2Oc2ccccc21. The molecule has 0 saturated carbocycles. The summed E-state index contributed by atoms with van der Waals surface area (Å²) in [6, 6.07) is 11.3. The minimum atomic E-state index is -0.355. The van der Waals surface area contributed by atoms with Crippen LogP contribution in [0.2, 0.25) is 0 Å². The molecule has 1 aliphatic heterocycles. The summed E-state index contributed by atoms with van der Waals surface area (Å²) in [7, 11) is 0. The topological polar surface area (TPSA) is 26.3 Å². The Hall–Kier alpha value is -2.16. The van der Waals surface area contributed by atoms with Gasteiger partial charge in [-0.3, -0.25) is 4.79 Å². The van der Waals surface area contributed by atoms with Crippen LogP contribution in [0.5, 0.6) is 11.5 Å². The Labute approximate surface area is 97.7 Å². The average Bonchev–Trinajstić information content (AvgIpc) is 2.46. The van der Waals surface area contributed by atoms with Crippen LogP contribution in [0.4, 0.5) is 4.39 Å². The first-order valence-electron chi connectivity index (χ1n) is 5.32. The number of Topliss-reactive ketones (excluding diaryl/α,β-unsaturated/α-hetero) is 1.